The molecule has 0 atom stereocenters. The number of hydrogen-bond donors (Lipinski definition) is 0. The maximum Gasteiger partial charge on any atom is 0.314 e. The Hall–Kier alpha value is -1.52. The van der Waals surface area contributed by atoms with E-state index in [1.54, 1.807) is 0 Å². The van der Waals surface area contributed by atoms with Crippen LogP contribution >= 0.6 is 0 Å². The summed E-state index contributed by atoms with van der Waals surface area (Å²) >= 11 is 0. The molecular weight excluding hydrogens is 365 g/mol. The number of halogens is 3. The van der Waals surface area contributed by atoms with Gasteiger partial charge in [-0.1, -0.05) is 64.7 Å². The van der Waals surface area contributed by atoms with Crippen LogP contribution < -0.4 is 4.74 Å². The van der Waals surface area contributed by atoms with Crippen LogP contribution in [0.4, 0.5) is 13.2 Å². The minimum atomic E-state index is -1.55. The first-order valence-corrected chi connectivity index (χ1v) is 10.9. The fourth-order valence-electron chi connectivity index (χ4n) is 4.04. The predicted octanol–water partition coefficient (Wildman–Crippen LogP) is 7.35. The molecule has 1 fully saturated rings. The number of carbonyl (C=O) groups excluding carboxylic acids is 1. The summed E-state index contributed by atoms with van der Waals surface area (Å²) in [6.07, 6.45) is 15.2. The Morgan fingerprint density at radius 3 is 2.00 bits per heavy atom. The average Bonchev–Trinajstić information content (AvgIpc) is 2.68. The molecule has 1 saturated carbocycles. The highest BCUT2D eigenvalue weighted by atomic mass is 19.2. The van der Waals surface area contributed by atoms with E-state index < -0.39 is 23.4 Å². The molecule has 0 amide bonds. The molecule has 0 aliphatic heterocycles. The second-order valence-electron chi connectivity index (χ2n) is 8.10. The van der Waals surface area contributed by atoms with Crippen molar-refractivity contribution >= 4 is 5.97 Å². The summed E-state index contributed by atoms with van der Waals surface area (Å²) in [5.41, 5.74) is 0. The van der Waals surface area contributed by atoms with Crippen LogP contribution in [0.2, 0.25) is 0 Å². The van der Waals surface area contributed by atoms with E-state index in [9.17, 15) is 18.0 Å². The van der Waals surface area contributed by atoms with Crippen LogP contribution in [0, 0.1) is 29.3 Å². The lowest BCUT2D eigenvalue weighted by atomic mass is 9.80. The Balaban J connectivity index is 1.62. The van der Waals surface area contributed by atoms with Crippen molar-refractivity contribution in [2.75, 3.05) is 0 Å². The van der Waals surface area contributed by atoms with Crippen molar-refractivity contribution in [3.63, 3.8) is 0 Å². The van der Waals surface area contributed by atoms with Gasteiger partial charge in [-0.25, -0.2) is 13.2 Å². The van der Waals surface area contributed by atoms with E-state index >= 15 is 0 Å². The van der Waals surface area contributed by atoms with Gasteiger partial charge in [0, 0.05) is 12.1 Å². The zero-order valence-corrected chi connectivity index (χ0v) is 17.0. The molecule has 0 bridgehead atoms. The van der Waals surface area contributed by atoms with Crippen molar-refractivity contribution in [3.05, 3.63) is 29.6 Å². The Bertz CT molecular complexity index is 587. The molecule has 1 aromatic carbocycles. The van der Waals surface area contributed by atoms with E-state index in [1.165, 1.54) is 57.8 Å². The van der Waals surface area contributed by atoms with Crippen LogP contribution in [0.1, 0.15) is 90.4 Å². The van der Waals surface area contributed by atoms with E-state index in [1.807, 2.05) is 0 Å². The molecule has 2 nitrogen and oxygen atoms in total. The third-order valence-electron chi connectivity index (χ3n) is 5.82. The monoisotopic (exact) mass is 398 g/mol. The molecule has 28 heavy (non-hydrogen) atoms. The van der Waals surface area contributed by atoms with Gasteiger partial charge >= 0.3 is 5.97 Å². The number of ether oxygens (including phenoxy) is 1. The zero-order chi connectivity index (χ0) is 20.4. The van der Waals surface area contributed by atoms with Crippen molar-refractivity contribution in [1.29, 1.82) is 0 Å². The van der Waals surface area contributed by atoms with Crippen LogP contribution in [0.15, 0.2) is 12.1 Å². The molecule has 0 aromatic heterocycles. The predicted molar refractivity (Wildman–Crippen MR) is 105 cm³/mol. The van der Waals surface area contributed by atoms with E-state index in [0.717, 1.165) is 25.7 Å². The summed E-state index contributed by atoms with van der Waals surface area (Å²) in [6.45, 7) is 2.23. The summed E-state index contributed by atoms with van der Waals surface area (Å²) in [7, 11) is 0. The Morgan fingerprint density at radius 2 is 1.43 bits per heavy atom. The third kappa shape index (κ3) is 7.48. The Labute approximate surface area is 166 Å². The van der Waals surface area contributed by atoms with Gasteiger partial charge in [-0.05, 0) is 31.6 Å². The molecule has 0 saturated heterocycles. The SMILES string of the molecule is CCCCCCCCCCC1CCC(C(=O)Oc2cc(F)c(F)c(F)c2)CC1. The molecule has 1 aromatic rings. The quantitative estimate of drug-likeness (QED) is 0.169. The minimum Gasteiger partial charge on any atom is -0.426 e. The molecule has 0 N–H and O–H groups in total. The minimum absolute atomic E-state index is 0.244. The molecular formula is C23H33F3O2. The van der Waals surface area contributed by atoms with Crippen molar-refractivity contribution in [2.24, 2.45) is 11.8 Å². The van der Waals surface area contributed by atoms with Gasteiger partial charge in [0.2, 0.25) is 0 Å². The molecule has 158 valence electrons. The largest absolute Gasteiger partial charge is 0.426 e. The normalized spacial score (nSPS) is 19.6. The van der Waals surface area contributed by atoms with Crippen molar-refractivity contribution in [2.45, 2.75) is 90.4 Å². The maximum absolute atomic E-state index is 13.2. The molecule has 0 heterocycles. The van der Waals surface area contributed by atoms with Gasteiger partial charge in [0.25, 0.3) is 0 Å². The van der Waals surface area contributed by atoms with E-state index in [-0.39, 0.29) is 11.7 Å². The molecule has 0 spiro atoms. The van der Waals surface area contributed by atoms with Crippen LogP contribution in [0.5, 0.6) is 5.75 Å². The number of carbonyl (C=O) groups is 1. The van der Waals surface area contributed by atoms with E-state index in [2.05, 4.69) is 6.92 Å². The van der Waals surface area contributed by atoms with Crippen LogP contribution in [0.25, 0.3) is 0 Å². The van der Waals surface area contributed by atoms with Crippen LogP contribution in [-0.4, -0.2) is 5.97 Å². The van der Waals surface area contributed by atoms with Crippen molar-refractivity contribution in [1.82, 2.24) is 0 Å². The molecule has 1 aliphatic carbocycles. The molecule has 1 aliphatic rings. The summed E-state index contributed by atoms with van der Waals surface area (Å²) in [5, 5.41) is 0. The van der Waals surface area contributed by atoms with Gasteiger partial charge < -0.3 is 4.74 Å². The van der Waals surface area contributed by atoms with E-state index in [4.69, 9.17) is 4.74 Å². The third-order valence-corrected chi connectivity index (χ3v) is 5.82. The first-order chi connectivity index (χ1) is 13.5. The number of benzene rings is 1. The lowest BCUT2D eigenvalue weighted by Crippen LogP contribution is -2.25. The van der Waals surface area contributed by atoms with Gasteiger partial charge in [-0.2, -0.15) is 0 Å². The lowest BCUT2D eigenvalue weighted by Gasteiger charge is -2.27. The van der Waals surface area contributed by atoms with Gasteiger partial charge in [0.15, 0.2) is 17.5 Å². The number of hydrogen-bond acceptors (Lipinski definition) is 2. The van der Waals surface area contributed by atoms with Crippen molar-refractivity contribution in [3.8, 4) is 5.75 Å². The summed E-state index contributed by atoms with van der Waals surface area (Å²) < 4.78 is 44.5. The maximum atomic E-state index is 13.2. The van der Waals surface area contributed by atoms with Gasteiger partial charge in [0.1, 0.15) is 5.75 Å². The standard InChI is InChI=1S/C23H33F3O2/c1-2-3-4-5-6-7-8-9-10-17-11-13-18(14-12-17)23(27)28-19-15-20(24)22(26)21(25)16-19/h15-18H,2-14H2,1H3. The average molecular weight is 399 g/mol. The molecule has 5 heteroatoms. The van der Waals surface area contributed by atoms with Crippen molar-refractivity contribution < 1.29 is 22.7 Å². The fraction of sp³-hybridized carbons (Fsp3) is 0.696. The first-order valence-electron chi connectivity index (χ1n) is 10.9. The topological polar surface area (TPSA) is 26.3 Å². The molecule has 2 rings (SSSR count). The van der Waals surface area contributed by atoms with Gasteiger partial charge in [0.05, 0.1) is 5.92 Å². The molecule has 0 unspecified atom stereocenters. The van der Waals surface area contributed by atoms with Gasteiger partial charge in [-0.15, -0.1) is 0 Å². The zero-order valence-electron chi connectivity index (χ0n) is 17.0. The number of esters is 1. The van der Waals surface area contributed by atoms with Gasteiger partial charge in [-0.3, -0.25) is 4.79 Å². The summed E-state index contributed by atoms with van der Waals surface area (Å²) in [6, 6.07) is 1.42. The molecule has 0 radical (unpaired) electrons. The highest BCUT2D eigenvalue weighted by Gasteiger charge is 2.28. The van der Waals surface area contributed by atoms with Crippen LogP contribution in [-0.2, 0) is 4.79 Å². The highest BCUT2D eigenvalue weighted by molar-refractivity contribution is 5.75. The smallest absolute Gasteiger partial charge is 0.314 e. The van der Waals surface area contributed by atoms with Crippen LogP contribution in [0.3, 0.4) is 0 Å². The number of rotatable bonds is 11. The Morgan fingerprint density at radius 1 is 0.893 bits per heavy atom. The highest BCUT2D eigenvalue weighted by Crippen LogP contribution is 2.33. The lowest BCUT2D eigenvalue weighted by molar-refractivity contribution is -0.140. The summed E-state index contributed by atoms with van der Waals surface area (Å²) in [4.78, 5) is 12.2. The first kappa shape index (κ1) is 22.8. The number of unbranched alkanes of at least 4 members (excludes halogenated alkanes) is 7. The fourth-order valence-corrected chi connectivity index (χ4v) is 4.04. The summed E-state index contributed by atoms with van der Waals surface area (Å²) in [5.74, 6) is -4.59. The second-order valence-corrected chi connectivity index (χ2v) is 8.10. The second kappa shape index (κ2) is 12.1. The van der Waals surface area contributed by atoms with E-state index in [0.29, 0.717) is 18.1 Å². The Kier molecular flexibility index (Phi) is 9.86.